The molecule has 0 saturated heterocycles. The van der Waals surface area contributed by atoms with Crippen molar-refractivity contribution in [2.75, 3.05) is 25.9 Å². The third kappa shape index (κ3) is 1.58. The van der Waals surface area contributed by atoms with Gasteiger partial charge in [0.1, 0.15) is 0 Å². The fourth-order valence-electron chi connectivity index (χ4n) is 3.73. The zero-order chi connectivity index (χ0) is 17.3. The molecular weight excluding hydrogens is 322 g/mol. The number of likely N-dealkylation sites (N-methyl/N-ethyl adjacent to an activating group) is 1. The van der Waals surface area contributed by atoms with Crippen molar-refractivity contribution < 1.29 is 23.8 Å². The molecule has 6 nitrogen and oxygen atoms in total. The number of carbonyl (C=O) groups is 2. The fourth-order valence-corrected chi connectivity index (χ4v) is 3.73. The maximum absolute atomic E-state index is 12.8. The van der Waals surface area contributed by atoms with Crippen molar-refractivity contribution in [3.8, 4) is 17.2 Å². The highest BCUT2D eigenvalue weighted by molar-refractivity contribution is 6.53. The van der Waals surface area contributed by atoms with Crippen molar-refractivity contribution in [2.45, 2.75) is 0 Å². The molecular formula is C19H13NO5. The van der Waals surface area contributed by atoms with Gasteiger partial charge in [-0.1, -0.05) is 24.3 Å². The molecule has 6 heteroatoms. The molecule has 0 saturated carbocycles. The standard InChI is InChI=1S/C19H13NO5/c1-20-11-7-9-5-3-4-6-10(9)12-13(11)14(15(21)19(20)22)16(23-2)18-17(12)24-8-25-18/h3-7H,8H2,1-2H3. The van der Waals surface area contributed by atoms with Gasteiger partial charge >= 0.3 is 0 Å². The summed E-state index contributed by atoms with van der Waals surface area (Å²) in [5.41, 5.74) is 0.899. The molecule has 25 heavy (non-hydrogen) atoms. The first-order valence-corrected chi connectivity index (χ1v) is 7.81. The number of carbonyl (C=O) groups excluding carboxylic acids is 2. The molecule has 1 amide bonds. The van der Waals surface area contributed by atoms with Crippen molar-refractivity contribution in [3.63, 3.8) is 0 Å². The van der Waals surface area contributed by atoms with E-state index in [1.807, 2.05) is 30.3 Å². The van der Waals surface area contributed by atoms with Crippen LogP contribution < -0.4 is 19.1 Å². The maximum Gasteiger partial charge on any atom is 0.299 e. The predicted octanol–water partition coefficient (Wildman–Crippen LogP) is 2.89. The number of ether oxygens (including phenoxy) is 3. The van der Waals surface area contributed by atoms with Crippen molar-refractivity contribution in [3.05, 3.63) is 35.9 Å². The first kappa shape index (κ1) is 14.1. The Labute approximate surface area is 142 Å². The lowest BCUT2D eigenvalue weighted by molar-refractivity contribution is -0.114. The molecule has 124 valence electrons. The van der Waals surface area contributed by atoms with E-state index in [0.29, 0.717) is 22.6 Å². The number of amides is 1. The predicted molar refractivity (Wildman–Crippen MR) is 91.9 cm³/mol. The molecule has 5 rings (SSSR count). The molecule has 0 bridgehead atoms. The summed E-state index contributed by atoms with van der Waals surface area (Å²) in [6, 6.07) is 9.70. The lowest BCUT2D eigenvalue weighted by atomic mass is 9.89. The average Bonchev–Trinajstić information content (AvgIpc) is 3.12. The van der Waals surface area contributed by atoms with Crippen molar-refractivity contribution in [1.82, 2.24) is 0 Å². The summed E-state index contributed by atoms with van der Waals surface area (Å²) in [5.74, 6) is -0.0307. The molecule has 0 N–H and O–H groups in total. The molecule has 0 radical (unpaired) electrons. The Bertz CT molecular complexity index is 1120. The Balaban J connectivity index is 2.13. The number of Topliss-reactive ketones (excluding diaryl/α,β-unsaturated/α-hetero) is 1. The number of methoxy groups -OCH3 is 1. The van der Waals surface area contributed by atoms with Gasteiger partial charge in [-0.25, -0.2) is 0 Å². The topological polar surface area (TPSA) is 65.1 Å². The minimum Gasteiger partial charge on any atom is -0.492 e. The number of anilines is 1. The third-order valence-electron chi connectivity index (χ3n) is 4.84. The zero-order valence-electron chi connectivity index (χ0n) is 13.6. The Hall–Kier alpha value is -3.28. The van der Waals surface area contributed by atoms with Crippen LogP contribution in [-0.2, 0) is 4.79 Å². The number of ketones is 1. The van der Waals surface area contributed by atoms with Crippen LogP contribution >= 0.6 is 0 Å². The second-order valence-electron chi connectivity index (χ2n) is 6.03. The Morgan fingerprint density at radius 1 is 1.08 bits per heavy atom. The zero-order valence-corrected chi connectivity index (χ0v) is 13.6. The summed E-state index contributed by atoms with van der Waals surface area (Å²) < 4.78 is 16.7. The van der Waals surface area contributed by atoms with Gasteiger partial charge in [-0.05, 0) is 16.8 Å². The molecule has 3 aromatic carbocycles. The smallest absolute Gasteiger partial charge is 0.299 e. The molecule has 0 aliphatic carbocycles. The molecule has 0 unspecified atom stereocenters. The summed E-state index contributed by atoms with van der Waals surface area (Å²) in [4.78, 5) is 26.6. The van der Waals surface area contributed by atoms with Crippen LogP contribution in [0.5, 0.6) is 17.2 Å². The van der Waals surface area contributed by atoms with E-state index in [-0.39, 0.29) is 18.1 Å². The van der Waals surface area contributed by atoms with Gasteiger partial charge in [-0.3, -0.25) is 9.59 Å². The van der Waals surface area contributed by atoms with E-state index < -0.39 is 11.7 Å². The molecule has 2 aliphatic heterocycles. The van der Waals surface area contributed by atoms with Crippen LogP contribution in [0.15, 0.2) is 30.3 Å². The summed E-state index contributed by atoms with van der Waals surface area (Å²) >= 11 is 0. The van der Waals surface area contributed by atoms with Crippen LogP contribution in [0.1, 0.15) is 10.4 Å². The van der Waals surface area contributed by atoms with E-state index in [2.05, 4.69) is 0 Å². The minimum atomic E-state index is -0.606. The SMILES string of the molecule is COc1c2c(c3c4c(cc5ccccc53)N(C)C(=O)C(=O)c14)OCO2. The lowest BCUT2D eigenvalue weighted by Crippen LogP contribution is -2.37. The summed E-state index contributed by atoms with van der Waals surface area (Å²) in [7, 11) is 3.06. The van der Waals surface area contributed by atoms with Crippen molar-refractivity contribution >= 4 is 38.9 Å². The van der Waals surface area contributed by atoms with E-state index in [1.54, 1.807) is 7.05 Å². The highest BCUT2D eigenvalue weighted by Gasteiger charge is 2.39. The molecule has 2 heterocycles. The van der Waals surface area contributed by atoms with Crippen LogP contribution in [0.3, 0.4) is 0 Å². The monoisotopic (exact) mass is 335 g/mol. The first-order valence-electron chi connectivity index (χ1n) is 7.81. The van der Waals surface area contributed by atoms with E-state index in [1.165, 1.54) is 12.0 Å². The molecule has 0 aromatic heterocycles. The lowest BCUT2D eigenvalue weighted by Gasteiger charge is -2.27. The van der Waals surface area contributed by atoms with E-state index >= 15 is 0 Å². The number of hydrogen-bond acceptors (Lipinski definition) is 5. The van der Waals surface area contributed by atoms with Gasteiger partial charge in [0, 0.05) is 17.8 Å². The molecule has 3 aromatic rings. The largest absolute Gasteiger partial charge is 0.492 e. The van der Waals surface area contributed by atoms with Gasteiger partial charge in [-0.15, -0.1) is 0 Å². The number of hydrogen-bond donors (Lipinski definition) is 0. The minimum absolute atomic E-state index is 0.0424. The van der Waals surface area contributed by atoms with Crippen LogP contribution in [-0.4, -0.2) is 32.6 Å². The Kier molecular flexibility index (Phi) is 2.61. The van der Waals surface area contributed by atoms with Gasteiger partial charge in [0.2, 0.25) is 12.5 Å². The van der Waals surface area contributed by atoms with Gasteiger partial charge < -0.3 is 19.1 Å². The van der Waals surface area contributed by atoms with Crippen LogP contribution in [0.4, 0.5) is 5.69 Å². The first-order chi connectivity index (χ1) is 12.1. The van der Waals surface area contributed by atoms with Gasteiger partial charge in [0.15, 0.2) is 11.5 Å². The second-order valence-corrected chi connectivity index (χ2v) is 6.03. The van der Waals surface area contributed by atoms with Gasteiger partial charge in [0.25, 0.3) is 11.7 Å². The second kappa shape index (κ2) is 4.63. The van der Waals surface area contributed by atoms with Gasteiger partial charge in [-0.2, -0.15) is 0 Å². The van der Waals surface area contributed by atoms with E-state index in [9.17, 15) is 9.59 Å². The number of rotatable bonds is 1. The summed E-state index contributed by atoms with van der Waals surface area (Å²) in [6.07, 6.45) is 0. The van der Waals surface area contributed by atoms with Gasteiger partial charge in [0.05, 0.1) is 18.4 Å². The third-order valence-corrected chi connectivity index (χ3v) is 4.84. The van der Waals surface area contributed by atoms with Crippen LogP contribution in [0, 0.1) is 0 Å². The molecule has 0 fully saturated rings. The number of nitrogens with zero attached hydrogens (tertiary/aromatic N) is 1. The Morgan fingerprint density at radius 3 is 2.64 bits per heavy atom. The quantitative estimate of drug-likeness (QED) is 0.505. The van der Waals surface area contributed by atoms with Crippen molar-refractivity contribution in [1.29, 1.82) is 0 Å². The molecule has 2 aliphatic rings. The summed E-state index contributed by atoms with van der Waals surface area (Å²) in [5, 5.41) is 3.31. The highest BCUT2D eigenvalue weighted by atomic mass is 16.7. The number of benzene rings is 3. The normalized spacial score (nSPS) is 15.4. The fraction of sp³-hybridized carbons (Fsp3) is 0.158. The summed E-state index contributed by atoms with van der Waals surface area (Å²) in [6.45, 7) is 0.0424. The maximum atomic E-state index is 12.8. The molecule has 0 spiro atoms. The van der Waals surface area contributed by atoms with Crippen molar-refractivity contribution in [2.24, 2.45) is 0 Å². The number of fused-ring (bicyclic) bond motifs is 4. The van der Waals surface area contributed by atoms with E-state index in [0.717, 1.165) is 16.2 Å². The molecule has 0 atom stereocenters. The van der Waals surface area contributed by atoms with Crippen LogP contribution in [0.25, 0.3) is 21.5 Å². The Morgan fingerprint density at radius 2 is 1.84 bits per heavy atom. The average molecular weight is 335 g/mol. The van der Waals surface area contributed by atoms with Crippen LogP contribution in [0.2, 0.25) is 0 Å². The van der Waals surface area contributed by atoms with E-state index in [4.69, 9.17) is 14.2 Å². The highest BCUT2D eigenvalue weighted by Crippen LogP contribution is 2.54.